The molecule has 2 atom stereocenters. The van der Waals surface area contributed by atoms with Gasteiger partial charge in [0.1, 0.15) is 11.5 Å². The number of thiazole rings is 1. The molecule has 1 unspecified atom stereocenters. The van der Waals surface area contributed by atoms with E-state index in [0.29, 0.717) is 6.10 Å². The molecule has 2 N–H and O–H groups in total. The summed E-state index contributed by atoms with van der Waals surface area (Å²) in [5, 5.41) is 9.42. The molecule has 0 bridgehead atoms. The van der Waals surface area contributed by atoms with Crippen molar-refractivity contribution in [2.24, 2.45) is 10.9 Å². The van der Waals surface area contributed by atoms with E-state index in [9.17, 15) is 0 Å². The lowest BCUT2D eigenvalue weighted by atomic mass is 9.88. The van der Waals surface area contributed by atoms with Crippen molar-refractivity contribution in [3.63, 3.8) is 0 Å². The lowest BCUT2D eigenvalue weighted by Crippen LogP contribution is -2.47. The van der Waals surface area contributed by atoms with E-state index in [4.69, 9.17) is 14.7 Å². The number of hydrogen-bond donors (Lipinski definition) is 2. The molecule has 2 saturated heterocycles. The fourth-order valence-electron chi connectivity index (χ4n) is 4.18. The first kappa shape index (κ1) is 17.9. The van der Waals surface area contributed by atoms with E-state index in [1.807, 2.05) is 11.4 Å². The van der Waals surface area contributed by atoms with Gasteiger partial charge in [0.2, 0.25) is 0 Å². The second-order valence-electron chi connectivity index (χ2n) is 7.60. The Labute approximate surface area is 169 Å². The lowest BCUT2D eigenvalue weighted by Gasteiger charge is -2.41. The Hall–Kier alpha value is -2.19. The maximum absolute atomic E-state index is 6.02. The lowest BCUT2D eigenvalue weighted by molar-refractivity contribution is -0.0323. The van der Waals surface area contributed by atoms with E-state index in [2.05, 4.69) is 32.7 Å². The van der Waals surface area contributed by atoms with Crippen LogP contribution in [0, 0.1) is 5.92 Å². The number of piperidine rings is 1. The molecule has 2 aromatic rings. The van der Waals surface area contributed by atoms with Crippen LogP contribution in [0.15, 0.2) is 28.6 Å². The zero-order valence-electron chi connectivity index (χ0n) is 15.9. The van der Waals surface area contributed by atoms with Crippen LogP contribution in [0.4, 0.5) is 10.9 Å². The zero-order valence-corrected chi connectivity index (χ0v) is 16.7. The predicted molar refractivity (Wildman–Crippen MR) is 113 cm³/mol. The Morgan fingerprint density at radius 3 is 3.11 bits per heavy atom. The largest absolute Gasteiger partial charge is 0.376 e. The minimum Gasteiger partial charge on any atom is -0.376 e. The van der Waals surface area contributed by atoms with Crippen LogP contribution in [0.25, 0.3) is 11.4 Å². The molecule has 5 heterocycles. The normalized spacial score (nSPS) is 24.9. The Kier molecular flexibility index (Phi) is 5.14. The third-order valence-corrected chi connectivity index (χ3v) is 6.45. The molecular formula is C20H26N6OS. The molecule has 2 aromatic heterocycles. The van der Waals surface area contributed by atoms with E-state index in [0.717, 1.165) is 73.4 Å². The molecule has 0 aromatic carbocycles. The zero-order chi connectivity index (χ0) is 18.8. The van der Waals surface area contributed by atoms with E-state index in [1.165, 1.54) is 19.3 Å². The molecule has 148 valence electrons. The minimum atomic E-state index is 0.354. The number of nitrogens with zero attached hydrogens (tertiary/aromatic N) is 4. The molecule has 7 nitrogen and oxygen atoms in total. The van der Waals surface area contributed by atoms with E-state index in [1.54, 1.807) is 11.3 Å². The van der Waals surface area contributed by atoms with Crippen molar-refractivity contribution in [2.45, 2.75) is 31.8 Å². The fourth-order valence-corrected chi connectivity index (χ4v) is 4.88. The SMILES string of the molecule is c1cc(-c2csc(NC3=NCCCN3)n2)nc(N2CCC3CCCO[C@@H]3C2)c1. The van der Waals surface area contributed by atoms with Crippen molar-refractivity contribution in [2.75, 3.05) is 43.0 Å². The number of nitrogens with one attached hydrogen (secondary N) is 2. The quantitative estimate of drug-likeness (QED) is 0.828. The molecule has 3 aliphatic rings. The molecule has 8 heteroatoms. The maximum Gasteiger partial charge on any atom is 0.197 e. The van der Waals surface area contributed by atoms with Gasteiger partial charge >= 0.3 is 0 Å². The van der Waals surface area contributed by atoms with Crippen molar-refractivity contribution in [3.05, 3.63) is 23.6 Å². The van der Waals surface area contributed by atoms with Crippen molar-refractivity contribution in [3.8, 4) is 11.4 Å². The molecule has 0 spiro atoms. The maximum atomic E-state index is 6.02. The van der Waals surface area contributed by atoms with Gasteiger partial charge in [-0.1, -0.05) is 6.07 Å². The van der Waals surface area contributed by atoms with Crippen LogP contribution in [-0.4, -0.2) is 54.8 Å². The Bertz CT molecular complexity index is 853. The van der Waals surface area contributed by atoms with Crippen LogP contribution in [-0.2, 0) is 4.74 Å². The molecule has 28 heavy (non-hydrogen) atoms. The van der Waals surface area contributed by atoms with Crippen LogP contribution in [0.3, 0.4) is 0 Å². The standard InChI is InChI=1S/C20H26N6OS/c1-5-15(16-13-28-20(24-16)25-19-21-8-3-9-22-19)23-18(6-1)26-10-7-14-4-2-11-27-17(14)12-26/h1,5-6,13-14,17H,2-4,7-12H2,(H2,21,22,24,25)/t14?,17-/m1/s1. The highest BCUT2D eigenvalue weighted by Gasteiger charge is 2.32. The number of ether oxygens (including phenoxy) is 1. The summed E-state index contributed by atoms with van der Waals surface area (Å²) in [6, 6.07) is 6.20. The number of aliphatic imine (C=N–C) groups is 1. The summed E-state index contributed by atoms with van der Waals surface area (Å²) in [6.45, 7) is 4.71. The van der Waals surface area contributed by atoms with Gasteiger partial charge in [-0.2, -0.15) is 0 Å². The van der Waals surface area contributed by atoms with Gasteiger partial charge in [-0.3, -0.25) is 4.99 Å². The highest BCUT2D eigenvalue weighted by Crippen LogP contribution is 2.31. The molecule has 5 rings (SSSR count). The van der Waals surface area contributed by atoms with Crippen LogP contribution < -0.4 is 15.5 Å². The molecule has 3 aliphatic heterocycles. The Morgan fingerprint density at radius 1 is 1.18 bits per heavy atom. The number of fused-ring (bicyclic) bond motifs is 1. The van der Waals surface area contributed by atoms with Crippen LogP contribution in [0.5, 0.6) is 0 Å². The topological polar surface area (TPSA) is 74.7 Å². The Morgan fingerprint density at radius 2 is 2.18 bits per heavy atom. The van der Waals surface area contributed by atoms with Gasteiger partial charge in [-0.25, -0.2) is 9.97 Å². The monoisotopic (exact) mass is 398 g/mol. The molecule has 2 fully saturated rings. The van der Waals surface area contributed by atoms with Gasteiger partial charge in [0.15, 0.2) is 11.1 Å². The van der Waals surface area contributed by atoms with Gasteiger partial charge in [0, 0.05) is 38.2 Å². The van der Waals surface area contributed by atoms with Crippen molar-refractivity contribution in [1.82, 2.24) is 15.3 Å². The summed E-state index contributed by atoms with van der Waals surface area (Å²) >= 11 is 1.58. The third-order valence-electron chi connectivity index (χ3n) is 5.69. The average Bonchev–Trinajstić information content (AvgIpc) is 3.23. The Balaban J connectivity index is 1.30. The number of hydrogen-bond acceptors (Lipinski definition) is 8. The predicted octanol–water partition coefficient (Wildman–Crippen LogP) is 2.97. The smallest absolute Gasteiger partial charge is 0.197 e. The summed E-state index contributed by atoms with van der Waals surface area (Å²) in [6.07, 6.45) is 5.13. The van der Waals surface area contributed by atoms with E-state index >= 15 is 0 Å². The second-order valence-corrected chi connectivity index (χ2v) is 8.46. The van der Waals surface area contributed by atoms with Crippen molar-refractivity contribution < 1.29 is 4.74 Å². The average molecular weight is 399 g/mol. The number of pyridine rings is 1. The number of aromatic nitrogens is 2. The van der Waals surface area contributed by atoms with Gasteiger partial charge in [0.05, 0.1) is 11.8 Å². The fraction of sp³-hybridized carbons (Fsp3) is 0.550. The van der Waals surface area contributed by atoms with Gasteiger partial charge in [-0.05, 0) is 43.7 Å². The van der Waals surface area contributed by atoms with Crippen LogP contribution >= 0.6 is 11.3 Å². The summed E-state index contributed by atoms with van der Waals surface area (Å²) in [5.41, 5.74) is 1.81. The molecule has 0 amide bonds. The summed E-state index contributed by atoms with van der Waals surface area (Å²) in [7, 11) is 0. The van der Waals surface area contributed by atoms with Crippen LogP contribution in [0.1, 0.15) is 25.7 Å². The highest BCUT2D eigenvalue weighted by atomic mass is 32.1. The molecule has 0 saturated carbocycles. The molecule has 0 aliphatic carbocycles. The van der Waals surface area contributed by atoms with E-state index in [-0.39, 0.29) is 0 Å². The van der Waals surface area contributed by atoms with Crippen molar-refractivity contribution >= 4 is 28.2 Å². The van der Waals surface area contributed by atoms with Gasteiger partial charge in [0.25, 0.3) is 0 Å². The first-order valence-corrected chi connectivity index (χ1v) is 11.1. The van der Waals surface area contributed by atoms with Gasteiger partial charge in [-0.15, -0.1) is 11.3 Å². The van der Waals surface area contributed by atoms with E-state index < -0.39 is 0 Å². The number of anilines is 2. The minimum absolute atomic E-state index is 0.354. The summed E-state index contributed by atoms with van der Waals surface area (Å²) in [4.78, 5) is 16.4. The summed E-state index contributed by atoms with van der Waals surface area (Å²) < 4.78 is 6.02. The van der Waals surface area contributed by atoms with Crippen LogP contribution in [0.2, 0.25) is 0 Å². The molecule has 0 radical (unpaired) electrons. The van der Waals surface area contributed by atoms with Crippen molar-refractivity contribution in [1.29, 1.82) is 0 Å². The molecular weight excluding hydrogens is 372 g/mol. The highest BCUT2D eigenvalue weighted by molar-refractivity contribution is 7.14. The number of rotatable bonds is 3. The summed E-state index contributed by atoms with van der Waals surface area (Å²) in [5.74, 6) is 2.55. The number of guanidine groups is 1. The first-order chi connectivity index (χ1) is 13.8. The van der Waals surface area contributed by atoms with Gasteiger partial charge < -0.3 is 20.3 Å². The second kappa shape index (κ2) is 8.05. The third kappa shape index (κ3) is 3.84. The first-order valence-electron chi connectivity index (χ1n) is 10.2.